The molecule has 1 fully saturated rings. The third kappa shape index (κ3) is 7.57. The molecule has 0 spiro atoms. The number of likely N-dealkylation sites (tertiary alicyclic amines) is 1. The highest BCUT2D eigenvalue weighted by Gasteiger charge is 2.19. The SMILES string of the molecule is COC(=O)/C=C/c1ccc(OCc2ccccc2)c(OC)c1Nc1ncnc2cc(OC)c(OCCCN3CCCC3)cc12. The Bertz CT molecular complexity index is 1590. The fraction of sp³-hybridized carbons (Fsp3) is 0.324. The lowest BCUT2D eigenvalue weighted by Crippen LogP contribution is -2.21. The first-order valence-corrected chi connectivity index (χ1v) is 14.7. The number of carbonyl (C=O) groups excluding carboxylic acids is 1. The van der Waals surface area contributed by atoms with E-state index in [4.69, 9.17) is 23.7 Å². The maximum atomic E-state index is 12.0. The van der Waals surface area contributed by atoms with Crippen LogP contribution in [-0.2, 0) is 16.1 Å². The van der Waals surface area contributed by atoms with Crippen LogP contribution in [0.25, 0.3) is 17.0 Å². The minimum absolute atomic E-state index is 0.350. The molecule has 0 bridgehead atoms. The molecule has 2 heterocycles. The molecular formula is C34H38N4O6. The molecule has 1 aliphatic rings. The molecule has 10 heteroatoms. The van der Waals surface area contributed by atoms with E-state index < -0.39 is 5.97 Å². The van der Waals surface area contributed by atoms with E-state index in [1.807, 2.05) is 48.5 Å². The van der Waals surface area contributed by atoms with Crippen molar-refractivity contribution in [1.29, 1.82) is 0 Å². The van der Waals surface area contributed by atoms with E-state index in [1.54, 1.807) is 26.4 Å². The fourth-order valence-corrected chi connectivity index (χ4v) is 5.15. The Hall–Kier alpha value is -4.83. The first kappa shape index (κ1) is 30.6. The van der Waals surface area contributed by atoms with Gasteiger partial charge in [0.05, 0.1) is 39.1 Å². The van der Waals surface area contributed by atoms with Crippen LogP contribution in [0.1, 0.15) is 30.4 Å². The monoisotopic (exact) mass is 598 g/mol. The number of aromatic nitrogens is 2. The van der Waals surface area contributed by atoms with Crippen molar-refractivity contribution in [3.8, 4) is 23.0 Å². The van der Waals surface area contributed by atoms with Crippen molar-refractivity contribution in [2.75, 3.05) is 52.9 Å². The molecule has 5 rings (SSSR count). The molecule has 1 aromatic heterocycles. The predicted molar refractivity (Wildman–Crippen MR) is 170 cm³/mol. The number of rotatable bonds is 14. The quantitative estimate of drug-likeness (QED) is 0.105. The molecule has 4 aromatic rings. The lowest BCUT2D eigenvalue weighted by Gasteiger charge is -2.19. The Kier molecular flexibility index (Phi) is 10.5. The zero-order chi connectivity index (χ0) is 30.7. The van der Waals surface area contributed by atoms with Crippen LogP contribution in [0.5, 0.6) is 23.0 Å². The van der Waals surface area contributed by atoms with Gasteiger partial charge in [-0.1, -0.05) is 30.3 Å². The van der Waals surface area contributed by atoms with Crippen molar-refractivity contribution in [2.24, 2.45) is 0 Å². The van der Waals surface area contributed by atoms with Crippen LogP contribution in [0.3, 0.4) is 0 Å². The van der Waals surface area contributed by atoms with Crippen molar-refractivity contribution in [3.05, 3.63) is 78.1 Å². The average molecular weight is 599 g/mol. The van der Waals surface area contributed by atoms with Gasteiger partial charge >= 0.3 is 5.97 Å². The number of carbonyl (C=O) groups is 1. The first-order valence-electron chi connectivity index (χ1n) is 14.7. The van der Waals surface area contributed by atoms with Gasteiger partial charge in [-0.2, -0.15) is 0 Å². The van der Waals surface area contributed by atoms with E-state index in [-0.39, 0.29) is 0 Å². The van der Waals surface area contributed by atoms with E-state index in [2.05, 4.69) is 20.2 Å². The van der Waals surface area contributed by atoms with E-state index in [0.29, 0.717) is 58.8 Å². The second-order valence-corrected chi connectivity index (χ2v) is 10.3. The zero-order valence-corrected chi connectivity index (χ0v) is 25.4. The number of ether oxygens (including phenoxy) is 5. The lowest BCUT2D eigenvalue weighted by molar-refractivity contribution is -0.134. The molecule has 1 saturated heterocycles. The van der Waals surface area contributed by atoms with Gasteiger partial charge in [-0.3, -0.25) is 0 Å². The summed E-state index contributed by atoms with van der Waals surface area (Å²) in [5.41, 5.74) is 2.91. The third-order valence-electron chi connectivity index (χ3n) is 7.43. The van der Waals surface area contributed by atoms with E-state index in [0.717, 1.165) is 37.0 Å². The Balaban J connectivity index is 1.47. The molecule has 1 aliphatic heterocycles. The van der Waals surface area contributed by atoms with Gasteiger partial charge in [0.15, 0.2) is 23.0 Å². The summed E-state index contributed by atoms with van der Waals surface area (Å²) < 4.78 is 28.7. The molecule has 0 radical (unpaired) electrons. The first-order chi connectivity index (χ1) is 21.6. The summed E-state index contributed by atoms with van der Waals surface area (Å²) in [5, 5.41) is 4.15. The number of methoxy groups -OCH3 is 3. The van der Waals surface area contributed by atoms with Gasteiger partial charge in [0.25, 0.3) is 0 Å². The number of hydrogen-bond acceptors (Lipinski definition) is 10. The zero-order valence-electron chi connectivity index (χ0n) is 25.4. The van der Waals surface area contributed by atoms with Crippen LogP contribution >= 0.6 is 0 Å². The summed E-state index contributed by atoms with van der Waals surface area (Å²) in [5.74, 6) is 2.22. The van der Waals surface area contributed by atoms with Crippen LogP contribution in [0.2, 0.25) is 0 Å². The molecule has 10 nitrogen and oxygen atoms in total. The number of anilines is 2. The Morgan fingerprint density at radius 1 is 0.932 bits per heavy atom. The maximum Gasteiger partial charge on any atom is 0.330 e. The van der Waals surface area contributed by atoms with Crippen LogP contribution in [0, 0.1) is 0 Å². The molecule has 0 saturated carbocycles. The maximum absolute atomic E-state index is 12.0. The van der Waals surface area contributed by atoms with Crippen LogP contribution in [-0.4, -0.2) is 68.4 Å². The summed E-state index contributed by atoms with van der Waals surface area (Å²) in [7, 11) is 4.52. The standard InChI is InChI=1S/C34H38N4O6/c1-40-29-21-27-26(20-30(29)43-19-9-18-38-16-7-8-17-38)34(36-23-35-27)37-32-25(13-15-31(39)41-2)12-14-28(33(32)42-3)44-22-24-10-5-4-6-11-24/h4-6,10-15,20-21,23H,7-9,16-19,22H2,1-3H3,(H,35,36,37)/b15-13+. The molecule has 0 unspecified atom stereocenters. The van der Waals surface area contributed by atoms with Crippen LogP contribution in [0.4, 0.5) is 11.5 Å². The smallest absolute Gasteiger partial charge is 0.330 e. The average Bonchev–Trinajstić information content (AvgIpc) is 3.59. The number of hydrogen-bond donors (Lipinski definition) is 1. The number of esters is 1. The highest BCUT2D eigenvalue weighted by atomic mass is 16.5. The van der Waals surface area contributed by atoms with Gasteiger partial charge in [-0.15, -0.1) is 0 Å². The molecule has 0 atom stereocenters. The number of fused-ring (bicyclic) bond motifs is 1. The van der Waals surface area contributed by atoms with Gasteiger partial charge in [0.1, 0.15) is 18.8 Å². The van der Waals surface area contributed by atoms with E-state index >= 15 is 0 Å². The summed E-state index contributed by atoms with van der Waals surface area (Å²) in [6.45, 7) is 4.24. The molecule has 230 valence electrons. The lowest BCUT2D eigenvalue weighted by atomic mass is 10.1. The largest absolute Gasteiger partial charge is 0.493 e. The summed E-state index contributed by atoms with van der Waals surface area (Å²) in [6.07, 6.45) is 7.93. The summed E-state index contributed by atoms with van der Waals surface area (Å²) in [4.78, 5) is 23.5. The topological polar surface area (TPSA) is 104 Å². The highest BCUT2D eigenvalue weighted by Crippen LogP contribution is 2.42. The van der Waals surface area contributed by atoms with Crippen molar-refractivity contribution in [1.82, 2.24) is 14.9 Å². The molecule has 44 heavy (non-hydrogen) atoms. The van der Waals surface area contributed by atoms with Crippen molar-refractivity contribution in [3.63, 3.8) is 0 Å². The second-order valence-electron chi connectivity index (χ2n) is 10.3. The van der Waals surface area contributed by atoms with Crippen molar-refractivity contribution >= 4 is 34.5 Å². The minimum Gasteiger partial charge on any atom is -0.493 e. The van der Waals surface area contributed by atoms with Crippen molar-refractivity contribution in [2.45, 2.75) is 25.9 Å². The second kappa shape index (κ2) is 15.1. The number of benzene rings is 3. The van der Waals surface area contributed by atoms with Gasteiger partial charge in [0, 0.05) is 29.6 Å². The number of nitrogens with zero attached hydrogens (tertiary/aromatic N) is 3. The summed E-state index contributed by atoms with van der Waals surface area (Å²) in [6, 6.07) is 17.2. The van der Waals surface area contributed by atoms with Gasteiger partial charge in [-0.25, -0.2) is 14.8 Å². The number of nitrogens with one attached hydrogen (secondary N) is 1. The minimum atomic E-state index is -0.481. The van der Waals surface area contributed by atoms with Crippen LogP contribution in [0.15, 0.2) is 67.0 Å². The van der Waals surface area contributed by atoms with Crippen molar-refractivity contribution < 1.29 is 28.5 Å². The van der Waals surface area contributed by atoms with Gasteiger partial charge < -0.3 is 33.9 Å². The molecule has 1 N–H and O–H groups in total. The van der Waals surface area contributed by atoms with Gasteiger partial charge in [-0.05, 0) is 62.2 Å². The Labute approximate surface area is 257 Å². The molecule has 0 amide bonds. The predicted octanol–water partition coefficient (Wildman–Crippen LogP) is 6.02. The van der Waals surface area contributed by atoms with E-state index in [9.17, 15) is 4.79 Å². The van der Waals surface area contributed by atoms with Gasteiger partial charge in [0.2, 0.25) is 0 Å². The molecule has 3 aromatic carbocycles. The van der Waals surface area contributed by atoms with E-state index in [1.165, 1.54) is 32.4 Å². The highest BCUT2D eigenvalue weighted by molar-refractivity contribution is 5.95. The molecular weight excluding hydrogens is 560 g/mol. The summed E-state index contributed by atoms with van der Waals surface area (Å²) >= 11 is 0. The Morgan fingerprint density at radius 3 is 2.50 bits per heavy atom. The Morgan fingerprint density at radius 2 is 1.75 bits per heavy atom. The fourth-order valence-electron chi connectivity index (χ4n) is 5.15. The van der Waals surface area contributed by atoms with Crippen LogP contribution < -0.4 is 24.3 Å². The normalized spacial score (nSPS) is 13.2. The molecule has 0 aliphatic carbocycles. The third-order valence-corrected chi connectivity index (χ3v) is 7.43.